The fourth-order valence-corrected chi connectivity index (χ4v) is 1.91. The van der Waals surface area contributed by atoms with Crippen LogP contribution in [0.3, 0.4) is 0 Å². The molecule has 1 aliphatic rings. The first-order valence-electron chi connectivity index (χ1n) is 5.60. The van der Waals surface area contributed by atoms with Gasteiger partial charge in [0.25, 0.3) is 5.91 Å². The lowest BCUT2D eigenvalue weighted by molar-refractivity contribution is 0.0724. The van der Waals surface area contributed by atoms with Crippen LogP contribution in [0.2, 0.25) is 0 Å². The van der Waals surface area contributed by atoms with E-state index in [0.29, 0.717) is 11.4 Å². The van der Waals surface area contributed by atoms with Gasteiger partial charge in [-0.05, 0) is 25.3 Å². The van der Waals surface area contributed by atoms with E-state index in [1.54, 1.807) is 25.4 Å². The molecule has 4 nitrogen and oxygen atoms in total. The summed E-state index contributed by atoms with van der Waals surface area (Å²) in [5.41, 5.74) is 0.641. The number of piperidine rings is 1. The van der Waals surface area contributed by atoms with Gasteiger partial charge < -0.3 is 9.64 Å². The predicted octanol–water partition coefficient (Wildman–Crippen LogP) is 1.72. The zero-order valence-electron chi connectivity index (χ0n) is 9.48. The van der Waals surface area contributed by atoms with Gasteiger partial charge in [0, 0.05) is 25.4 Å². The van der Waals surface area contributed by atoms with Crippen molar-refractivity contribution in [3.8, 4) is 5.88 Å². The number of hydrogen-bond acceptors (Lipinski definition) is 3. The van der Waals surface area contributed by atoms with E-state index >= 15 is 0 Å². The van der Waals surface area contributed by atoms with Crippen molar-refractivity contribution in [2.45, 2.75) is 19.3 Å². The van der Waals surface area contributed by atoms with Crippen molar-refractivity contribution in [3.63, 3.8) is 0 Å². The number of ether oxygens (including phenoxy) is 1. The molecule has 0 radical (unpaired) electrons. The minimum absolute atomic E-state index is 0.0786. The smallest absolute Gasteiger partial charge is 0.255 e. The van der Waals surface area contributed by atoms with E-state index < -0.39 is 0 Å². The second kappa shape index (κ2) is 4.96. The van der Waals surface area contributed by atoms with Crippen LogP contribution in [-0.2, 0) is 0 Å². The summed E-state index contributed by atoms with van der Waals surface area (Å²) in [6.07, 6.45) is 5.02. The van der Waals surface area contributed by atoms with E-state index in [4.69, 9.17) is 4.74 Å². The predicted molar refractivity (Wildman–Crippen MR) is 60.5 cm³/mol. The second-order valence-corrected chi connectivity index (χ2v) is 3.94. The lowest BCUT2D eigenvalue weighted by Crippen LogP contribution is -2.35. The third-order valence-electron chi connectivity index (χ3n) is 2.84. The Morgan fingerprint density at radius 2 is 2.06 bits per heavy atom. The number of aromatic nitrogens is 1. The van der Waals surface area contributed by atoms with E-state index in [0.717, 1.165) is 25.9 Å². The van der Waals surface area contributed by atoms with E-state index in [1.807, 2.05) is 4.90 Å². The molecule has 1 aromatic heterocycles. The number of carbonyl (C=O) groups is 1. The molecule has 16 heavy (non-hydrogen) atoms. The monoisotopic (exact) mass is 220 g/mol. The zero-order valence-corrected chi connectivity index (χ0v) is 9.48. The molecule has 1 amide bonds. The van der Waals surface area contributed by atoms with Crippen molar-refractivity contribution >= 4 is 5.91 Å². The molecular weight excluding hydrogens is 204 g/mol. The lowest BCUT2D eigenvalue weighted by Gasteiger charge is -2.26. The third-order valence-corrected chi connectivity index (χ3v) is 2.84. The Kier molecular flexibility index (Phi) is 3.39. The number of nitrogens with zero attached hydrogens (tertiary/aromatic N) is 2. The summed E-state index contributed by atoms with van der Waals surface area (Å²) < 4.78 is 4.96. The summed E-state index contributed by atoms with van der Waals surface area (Å²) in [4.78, 5) is 18.0. The molecule has 0 atom stereocenters. The molecule has 86 valence electrons. The molecule has 1 fully saturated rings. The third kappa shape index (κ3) is 2.32. The molecule has 0 bridgehead atoms. The quantitative estimate of drug-likeness (QED) is 0.762. The van der Waals surface area contributed by atoms with Crippen LogP contribution in [0.5, 0.6) is 5.88 Å². The van der Waals surface area contributed by atoms with Crippen LogP contribution in [-0.4, -0.2) is 36.0 Å². The fraction of sp³-hybridized carbons (Fsp3) is 0.500. The van der Waals surface area contributed by atoms with Crippen LogP contribution in [0.4, 0.5) is 0 Å². The van der Waals surface area contributed by atoms with Gasteiger partial charge in [-0.2, -0.15) is 0 Å². The lowest BCUT2D eigenvalue weighted by atomic mass is 10.1. The number of carbonyl (C=O) groups excluding carboxylic acids is 1. The summed E-state index contributed by atoms with van der Waals surface area (Å²) in [6, 6.07) is 3.49. The normalized spacial score (nSPS) is 15.9. The maximum Gasteiger partial charge on any atom is 0.255 e. The molecule has 0 spiro atoms. The van der Waals surface area contributed by atoms with E-state index in [1.165, 1.54) is 6.42 Å². The molecule has 1 aromatic rings. The number of rotatable bonds is 2. The Balaban J connectivity index is 2.07. The van der Waals surface area contributed by atoms with Crippen LogP contribution in [0.1, 0.15) is 29.6 Å². The number of amides is 1. The van der Waals surface area contributed by atoms with Gasteiger partial charge in [-0.15, -0.1) is 0 Å². The zero-order chi connectivity index (χ0) is 11.4. The Bertz CT molecular complexity index is 356. The Morgan fingerprint density at radius 3 is 2.62 bits per heavy atom. The largest absolute Gasteiger partial charge is 0.481 e. The first-order chi connectivity index (χ1) is 7.81. The first-order valence-corrected chi connectivity index (χ1v) is 5.60. The minimum atomic E-state index is 0.0786. The molecule has 2 heterocycles. The van der Waals surface area contributed by atoms with Crippen LogP contribution in [0, 0.1) is 0 Å². The summed E-state index contributed by atoms with van der Waals surface area (Å²) in [5.74, 6) is 0.616. The number of methoxy groups -OCH3 is 1. The summed E-state index contributed by atoms with van der Waals surface area (Å²) in [6.45, 7) is 1.73. The number of likely N-dealkylation sites (tertiary alicyclic amines) is 1. The summed E-state index contributed by atoms with van der Waals surface area (Å²) in [5, 5.41) is 0. The van der Waals surface area contributed by atoms with E-state index in [-0.39, 0.29) is 5.91 Å². The van der Waals surface area contributed by atoms with Gasteiger partial charge in [0.1, 0.15) is 0 Å². The van der Waals surface area contributed by atoms with Crippen molar-refractivity contribution < 1.29 is 9.53 Å². The molecular formula is C12H16N2O2. The average Bonchev–Trinajstić information content (AvgIpc) is 2.39. The highest BCUT2D eigenvalue weighted by Gasteiger charge is 2.18. The Hall–Kier alpha value is -1.58. The highest BCUT2D eigenvalue weighted by atomic mass is 16.5. The van der Waals surface area contributed by atoms with Crippen LogP contribution < -0.4 is 4.74 Å². The fourth-order valence-electron chi connectivity index (χ4n) is 1.91. The maximum atomic E-state index is 12.0. The van der Waals surface area contributed by atoms with Gasteiger partial charge in [0.05, 0.1) is 12.7 Å². The molecule has 0 saturated carbocycles. The highest BCUT2D eigenvalue weighted by Crippen LogP contribution is 2.14. The van der Waals surface area contributed by atoms with Gasteiger partial charge in [0.2, 0.25) is 5.88 Å². The van der Waals surface area contributed by atoms with Crippen LogP contribution in [0.25, 0.3) is 0 Å². The van der Waals surface area contributed by atoms with Crippen molar-refractivity contribution in [2.24, 2.45) is 0 Å². The Morgan fingerprint density at radius 1 is 1.31 bits per heavy atom. The van der Waals surface area contributed by atoms with Crippen molar-refractivity contribution in [3.05, 3.63) is 23.9 Å². The van der Waals surface area contributed by atoms with Gasteiger partial charge in [-0.3, -0.25) is 4.79 Å². The Labute approximate surface area is 95.2 Å². The van der Waals surface area contributed by atoms with Gasteiger partial charge in [-0.1, -0.05) is 0 Å². The standard InChI is InChI=1S/C12H16N2O2/c1-16-11-6-5-10(9-13-11)12(15)14-7-3-2-4-8-14/h5-6,9H,2-4,7-8H2,1H3. The topological polar surface area (TPSA) is 42.4 Å². The minimum Gasteiger partial charge on any atom is -0.481 e. The molecule has 0 aromatic carbocycles. The van der Waals surface area contributed by atoms with E-state index in [2.05, 4.69) is 4.98 Å². The summed E-state index contributed by atoms with van der Waals surface area (Å²) in [7, 11) is 1.56. The van der Waals surface area contributed by atoms with Gasteiger partial charge in [0.15, 0.2) is 0 Å². The van der Waals surface area contributed by atoms with Crippen molar-refractivity contribution in [1.82, 2.24) is 9.88 Å². The average molecular weight is 220 g/mol. The van der Waals surface area contributed by atoms with Gasteiger partial charge >= 0.3 is 0 Å². The van der Waals surface area contributed by atoms with Crippen molar-refractivity contribution in [2.75, 3.05) is 20.2 Å². The number of hydrogen-bond donors (Lipinski definition) is 0. The van der Waals surface area contributed by atoms with Crippen LogP contribution in [0.15, 0.2) is 18.3 Å². The SMILES string of the molecule is COc1ccc(C(=O)N2CCCCC2)cn1. The summed E-state index contributed by atoms with van der Waals surface area (Å²) >= 11 is 0. The van der Waals surface area contributed by atoms with Crippen LogP contribution >= 0.6 is 0 Å². The number of pyridine rings is 1. The molecule has 0 unspecified atom stereocenters. The molecule has 0 aliphatic carbocycles. The molecule has 0 N–H and O–H groups in total. The molecule has 1 aliphatic heterocycles. The maximum absolute atomic E-state index is 12.0. The second-order valence-electron chi connectivity index (χ2n) is 3.94. The van der Waals surface area contributed by atoms with Gasteiger partial charge in [-0.25, -0.2) is 4.98 Å². The molecule has 4 heteroatoms. The van der Waals surface area contributed by atoms with E-state index in [9.17, 15) is 4.79 Å². The molecule has 2 rings (SSSR count). The molecule has 1 saturated heterocycles. The first kappa shape index (κ1) is 10.9. The van der Waals surface area contributed by atoms with Crippen molar-refractivity contribution in [1.29, 1.82) is 0 Å². The highest BCUT2D eigenvalue weighted by molar-refractivity contribution is 5.94.